The number of hydrogen-bond donors (Lipinski definition) is 2. The number of halogens is 1. The Morgan fingerprint density at radius 3 is 2.85 bits per heavy atom. The Morgan fingerprint density at radius 2 is 2.20 bits per heavy atom. The molecule has 2 atom stereocenters. The van der Waals surface area contributed by atoms with E-state index in [-0.39, 0.29) is 24.6 Å². The Labute approximate surface area is 124 Å². The van der Waals surface area contributed by atoms with E-state index >= 15 is 0 Å². The summed E-state index contributed by atoms with van der Waals surface area (Å²) in [5, 5.41) is 12.9. The number of aliphatic hydroxyl groups excluding tert-OH is 1. The number of rotatable bonds is 3. The number of likely N-dealkylation sites (tertiary alicyclic amines) is 1. The number of urea groups is 1. The van der Waals surface area contributed by atoms with Gasteiger partial charge in [-0.05, 0) is 43.4 Å². The third-order valence-corrected chi connectivity index (χ3v) is 4.03. The summed E-state index contributed by atoms with van der Waals surface area (Å²) >= 11 is 5.86. The normalized spacial score (nSPS) is 20.6. The standard InChI is InChI=1S/C15H21ClN2O2/c1-11(13-4-6-14(16)7-5-13)17-15(20)18-8-2-3-12(9-18)10-19/h4-7,11-12,19H,2-3,8-10H2,1H3,(H,17,20). The predicted molar refractivity (Wildman–Crippen MR) is 79.8 cm³/mol. The Hall–Kier alpha value is -1.26. The van der Waals surface area contributed by atoms with E-state index in [0.717, 1.165) is 24.9 Å². The van der Waals surface area contributed by atoms with Crippen molar-refractivity contribution in [2.75, 3.05) is 19.7 Å². The molecular weight excluding hydrogens is 276 g/mol. The third-order valence-electron chi connectivity index (χ3n) is 3.77. The number of hydrogen-bond acceptors (Lipinski definition) is 2. The van der Waals surface area contributed by atoms with Gasteiger partial charge in [-0.2, -0.15) is 0 Å². The first-order valence-corrected chi connectivity index (χ1v) is 7.39. The first kappa shape index (κ1) is 15.1. The number of carbonyl (C=O) groups excluding carboxylic acids is 1. The molecule has 1 aromatic carbocycles. The van der Waals surface area contributed by atoms with Gasteiger partial charge in [0.05, 0.1) is 6.04 Å². The Morgan fingerprint density at radius 1 is 1.50 bits per heavy atom. The highest BCUT2D eigenvalue weighted by atomic mass is 35.5. The lowest BCUT2D eigenvalue weighted by molar-refractivity contribution is 0.128. The number of aliphatic hydroxyl groups is 1. The van der Waals surface area contributed by atoms with Crippen LogP contribution >= 0.6 is 11.6 Å². The molecule has 1 aliphatic heterocycles. The lowest BCUT2D eigenvalue weighted by Crippen LogP contribution is -2.46. The summed E-state index contributed by atoms with van der Waals surface area (Å²) in [6.07, 6.45) is 1.95. The van der Waals surface area contributed by atoms with E-state index < -0.39 is 0 Å². The molecule has 2 unspecified atom stereocenters. The molecule has 4 nitrogen and oxygen atoms in total. The molecule has 0 spiro atoms. The number of carbonyl (C=O) groups is 1. The maximum absolute atomic E-state index is 12.2. The zero-order valence-corrected chi connectivity index (χ0v) is 12.4. The highest BCUT2D eigenvalue weighted by Gasteiger charge is 2.24. The lowest BCUT2D eigenvalue weighted by Gasteiger charge is -2.32. The zero-order chi connectivity index (χ0) is 14.5. The molecule has 2 N–H and O–H groups in total. The molecule has 0 bridgehead atoms. The van der Waals surface area contributed by atoms with Gasteiger partial charge >= 0.3 is 6.03 Å². The van der Waals surface area contributed by atoms with Crippen molar-refractivity contribution in [3.8, 4) is 0 Å². The van der Waals surface area contributed by atoms with Crippen molar-refractivity contribution >= 4 is 17.6 Å². The fourth-order valence-corrected chi connectivity index (χ4v) is 2.64. The molecule has 20 heavy (non-hydrogen) atoms. The molecule has 0 aromatic heterocycles. The third kappa shape index (κ3) is 3.87. The number of nitrogens with zero attached hydrogens (tertiary/aromatic N) is 1. The minimum absolute atomic E-state index is 0.0609. The molecule has 1 fully saturated rings. The van der Waals surface area contributed by atoms with Crippen LogP contribution in [0.2, 0.25) is 5.02 Å². The molecule has 0 radical (unpaired) electrons. The SMILES string of the molecule is CC(NC(=O)N1CCCC(CO)C1)c1ccc(Cl)cc1. The summed E-state index contributed by atoms with van der Waals surface area (Å²) in [4.78, 5) is 14.0. The van der Waals surface area contributed by atoms with Gasteiger partial charge in [-0.15, -0.1) is 0 Å². The summed E-state index contributed by atoms with van der Waals surface area (Å²) in [7, 11) is 0. The number of benzene rings is 1. The van der Waals surface area contributed by atoms with Gasteiger partial charge in [-0.1, -0.05) is 23.7 Å². The highest BCUT2D eigenvalue weighted by Crippen LogP contribution is 2.19. The second-order valence-corrected chi connectivity index (χ2v) is 5.80. The Bertz CT molecular complexity index is 450. The molecule has 0 aliphatic carbocycles. The smallest absolute Gasteiger partial charge is 0.317 e. The van der Waals surface area contributed by atoms with Crippen LogP contribution in [-0.2, 0) is 0 Å². The van der Waals surface area contributed by atoms with E-state index in [4.69, 9.17) is 11.6 Å². The highest BCUT2D eigenvalue weighted by molar-refractivity contribution is 6.30. The van der Waals surface area contributed by atoms with Gasteiger partial charge in [-0.3, -0.25) is 0 Å². The van der Waals surface area contributed by atoms with Crippen molar-refractivity contribution in [1.29, 1.82) is 0 Å². The number of nitrogens with one attached hydrogen (secondary N) is 1. The van der Waals surface area contributed by atoms with Gasteiger partial charge in [-0.25, -0.2) is 4.79 Å². The molecular formula is C15H21ClN2O2. The van der Waals surface area contributed by atoms with Gasteiger partial charge in [0, 0.05) is 24.7 Å². The second kappa shape index (κ2) is 6.95. The largest absolute Gasteiger partial charge is 0.396 e. The van der Waals surface area contributed by atoms with Crippen LogP contribution in [0.25, 0.3) is 0 Å². The van der Waals surface area contributed by atoms with Crippen LogP contribution in [0.3, 0.4) is 0 Å². The fraction of sp³-hybridized carbons (Fsp3) is 0.533. The van der Waals surface area contributed by atoms with Crippen LogP contribution in [-0.4, -0.2) is 35.7 Å². The first-order chi connectivity index (χ1) is 9.60. The average molecular weight is 297 g/mol. The first-order valence-electron chi connectivity index (χ1n) is 7.02. The van der Waals surface area contributed by atoms with Gasteiger partial charge in [0.15, 0.2) is 0 Å². The van der Waals surface area contributed by atoms with Crippen LogP contribution in [0, 0.1) is 5.92 Å². The van der Waals surface area contributed by atoms with Crippen molar-refractivity contribution in [3.63, 3.8) is 0 Å². The monoisotopic (exact) mass is 296 g/mol. The van der Waals surface area contributed by atoms with Gasteiger partial charge < -0.3 is 15.3 Å². The van der Waals surface area contributed by atoms with Crippen LogP contribution in [0.1, 0.15) is 31.4 Å². The molecule has 2 rings (SSSR count). The van der Waals surface area contributed by atoms with Gasteiger partial charge in [0.2, 0.25) is 0 Å². The lowest BCUT2D eigenvalue weighted by atomic mass is 9.99. The van der Waals surface area contributed by atoms with Crippen LogP contribution in [0.15, 0.2) is 24.3 Å². The molecule has 2 amide bonds. The van der Waals surface area contributed by atoms with Crippen molar-refractivity contribution in [2.45, 2.75) is 25.8 Å². The molecule has 1 aromatic rings. The summed E-state index contributed by atoms with van der Waals surface area (Å²) in [6, 6.07) is 7.35. The van der Waals surface area contributed by atoms with Crippen molar-refractivity contribution < 1.29 is 9.90 Å². The Balaban J connectivity index is 1.91. The van der Waals surface area contributed by atoms with Crippen LogP contribution in [0.5, 0.6) is 0 Å². The van der Waals surface area contributed by atoms with E-state index in [0.29, 0.717) is 11.6 Å². The summed E-state index contributed by atoms with van der Waals surface area (Å²) in [5.74, 6) is 0.209. The van der Waals surface area contributed by atoms with Crippen molar-refractivity contribution in [1.82, 2.24) is 10.2 Å². The zero-order valence-electron chi connectivity index (χ0n) is 11.7. The summed E-state index contributed by atoms with van der Waals surface area (Å²) in [6.45, 7) is 3.50. The molecule has 110 valence electrons. The number of piperidine rings is 1. The van der Waals surface area contributed by atoms with Gasteiger partial charge in [0.1, 0.15) is 0 Å². The fourth-order valence-electron chi connectivity index (χ4n) is 2.51. The van der Waals surface area contributed by atoms with Crippen LogP contribution in [0.4, 0.5) is 4.79 Å². The predicted octanol–water partition coefficient (Wildman–Crippen LogP) is 2.81. The minimum Gasteiger partial charge on any atom is -0.396 e. The van der Waals surface area contributed by atoms with E-state index in [2.05, 4.69) is 5.32 Å². The maximum Gasteiger partial charge on any atom is 0.317 e. The molecule has 1 heterocycles. The maximum atomic E-state index is 12.2. The summed E-state index contributed by atoms with van der Waals surface area (Å²) in [5.41, 5.74) is 1.03. The molecule has 1 aliphatic rings. The van der Waals surface area contributed by atoms with E-state index in [9.17, 15) is 9.90 Å². The second-order valence-electron chi connectivity index (χ2n) is 5.36. The molecule has 5 heteroatoms. The van der Waals surface area contributed by atoms with E-state index in [1.807, 2.05) is 31.2 Å². The molecule has 1 saturated heterocycles. The van der Waals surface area contributed by atoms with Crippen molar-refractivity contribution in [3.05, 3.63) is 34.9 Å². The van der Waals surface area contributed by atoms with E-state index in [1.165, 1.54) is 0 Å². The van der Waals surface area contributed by atoms with E-state index in [1.54, 1.807) is 4.90 Å². The average Bonchev–Trinajstić information content (AvgIpc) is 2.47. The van der Waals surface area contributed by atoms with Crippen molar-refractivity contribution in [2.24, 2.45) is 5.92 Å². The quantitative estimate of drug-likeness (QED) is 0.901. The topological polar surface area (TPSA) is 52.6 Å². The summed E-state index contributed by atoms with van der Waals surface area (Å²) < 4.78 is 0. The van der Waals surface area contributed by atoms with Crippen LogP contribution < -0.4 is 5.32 Å². The number of amides is 2. The minimum atomic E-state index is -0.0643. The Kier molecular flexibility index (Phi) is 5.26. The van der Waals surface area contributed by atoms with Gasteiger partial charge in [0.25, 0.3) is 0 Å². The molecule has 0 saturated carbocycles.